The van der Waals surface area contributed by atoms with E-state index in [0.717, 1.165) is 21.3 Å². The average molecular weight is 290 g/mol. The van der Waals surface area contributed by atoms with E-state index in [0.29, 0.717) is 12.0 Å². The van der Waals surface area contributed by atoms with Gasteiger partial charge in [-0.1, -0.05) is 18.2 Å². The first-order chi connectivity index (χ1) is 9.63. The number of nitrogens with zero attached hydrogens (tertiary/aromatic N) is 1. The van der Waals surface area contributed by atoms with E-state index in [2.05, 4.69) is 4.98 Å². The summed E-state index contributed by atoms with van der Waals surface area (Å²) in [4.78, 5) is 4.47. The molecule has 3 aromatic rings. The molecule has 0 saturated heterocycles. The Morgan fingerprint density at radius 3 is 2.70 bits per heavy atom. The van der Waals surface area contributed by atoms with Gasteiger partial charge in [0.15, 0.2) is 0 Å². The van der Waals surface area contributed by atoms with Crippen molar-refractivity contribution in [3.8, 4) is 0 Å². The highest BCUT2D eigenvalue weighted by Crippen LogP contribution is 2.26. The lowest BCUT2D eigenvalue weighted by atomic mass is 10.0. The molecule has 0 aliphatic rings. The molecule has 1 atom stereocenters. The zero-order valence-electron chi connectivity index (χ0n) is 10.5. The van der Waals surface area contributed by atoms with Crippen LogP contribution in [0.25, 0.3) is 10.2 Å². The first-order valence-corrected chi connectivity index (χ1v) is 7.00. The zero-order chi connectivity index (χ0) is 14.1. The summed E-state index contributed by atoms with van der Waals surface area (Å²) in [5.41, 5.74) is 7.23. The number of nitrogens with two attached hydrogens (primary N) is 1. The molecule has 0 radical (unpaired) electrons. The predicted molar refractivity (Wildman–Crippen MR) is 76.6 cm³/mol. The minimum atomic E-state index is -0.612. The van der Waals surface area contributed by atoms with Crippen molar-refractivity contribution >= 4 is 21.6 Å². The highest BCUT2D eigenvalue weighted by molar-refractivity contribution is 7.18. The van der Waals surface area contributed by atoms with Crippen LogP contribution in [0.2, 0.25) is 0 Å². The molecule has 102 valence electrons. The van der Waals surface area contributed by atoms with Crippen LogP contribution in [0.3, 0.4) is 0 Å². The SMILES string of the molecule is NC(Cc1nc2ccccc2s1)c1ccc(F)cc1F. The van der Waals surface area contributed by atoms with E-state index in [1.807, 2.05) is 24.3 Å². The molecule has 2 N–H and O–H groups in total. The zero-order valence-corrected chi connectivity index (χ0v) is 11.3. The summed E-state index contributed by atoms with van der Waals surface area (Å²) >= 11 is 1.54. The van der Waals surface area contributed by atoms with Crippen molar-refractivity contribution in [3.63, 3.8) is 0 Å². The van der Waals surface area contributed by atoms with Crippen LogP contribution in [-0.2, 0) is 6.42 Å². The lowest BCUT2D eigenvalue weighted by molar-refractivity contribution is 0.554. The number of aromatic nitrogens is 1. The fourth-order valence-corrected chi connectivity index (χ4v) is 3.13. The van der Waals surface area contributed by atoms with Gasteiger partial charge < -0.3 is 5.73 Å². The molecule has 0 fully saturated rings. The van der Waals surface area contributed by atoms with Gasteiger partial charge in [-0.25, -0.2) is 13.8 Å². The largest absolute Gasteiger partial charge is 0.324 e. The Morgan fingerprint density at radius 2 is 1.95 bits per heavy atom. The number of benzene rings is 2. The molecule has 5 heteroatoms. The van der Waals surface area contributed by atoms with Crippen molar-refractivity contribution < 1.29 is 8.78 Å². The van der Waals surface area contributed by atoms with E-state index >= 15 is 0 Å². The van der Waals surface area contributed by atoms with Gasteiger partial charge in [0.1, 0.15) is 11.6 Å². The Kier molecular flexibility index (Phi) is 3.46. The van der Waals surface area contributed by atoms with Crippen LogP contribution in [0.5, 0.6) is 0 Å². The number of halogens is 2. The van der Waals surface area contributed by atoms with Crippen molar-refractivity contribution in [2.45, 2.75) is 12.5 Å². The average Bonchev–Trinajstić information content (AvgIpc) is 2.80. The van der Waals surface area contributed by atoms with Gasteiger partial charge >= 0.3 is 0 Å². The molecule has 2 nitrogen and oxygen atoms in total. The second kappa shape index (κ2) is 5.26. The van der Waals surface area contributed by atoms with Gasteiger partial charge in [-0.05, 0) is 18.2 Å². The Balaban J connectivity index is 1.86. The van der Waals surface area contributed by atoms with E-state index in [9.17, 15) is 8.78 Å². The first-order valence-electron chi connectivity index (χ1n) is 6.18. The molecule has 20 heavy (non-hydrogen) atoms. The Bertz CT molecular complexity index is 721. The number of thiazole rings is 1. The molecule has 2 aromatic carbocycles. The molecule has 0 aliphatic carbocycles. The summed E-state index contributed by atoms with van der Waals surface area (Å²) in [5, 5.41) is 0.849. The summed E-state index contributed by atoms with van der Waals surface area (Å²) in [6.07, 6.45) is 0.432. The third-order valence-electron chi connectivity index (χ3n) is 3.09. The fraction of sp³-hybridized carbons (Fsp3) is 0.133. The summed E-state index contributed by atoms with van der Waals surface area (Å²) in [7, 11) is 0. The molecule has 0 aliphatic heterocycles. The molecule has 0 saturated carbocycles. The molecule has 0 bridgehead atoms. The van der Waals surface area contributed by atoms with Gasteiger partial charge in [0.2, 0.25) is 0 Å². The number of hydrogen-bond acceptors (Lipinski definition) is 3. The number of fused-ring (bicyclic) bond motifs is 1. The minimum absolute atomic E-state index is 0.311. The summed E-state index contributed by atoms with van der Waals surface area (Å²) in [6.45, 7) is 0. The quantitative estimate of drug-likeness (QED) is 0.796. The Morgan fingerprint density at radius 1 is 1.15 bits per heavy atom. The highest BCUT2D eigenvalue weighted by atomic mass is 32.1. The Hall–Kier alpha value is -1.85. The van der Waals surface area contributed by atoms with Crippen molar-refractivity contribution in [3.05, 3.63) is 64.7 Å². The van der Waals surface area contributed by atoms with Crippen LogP contribution in [0.1, 0.15) is 16.6 Å². The third kappa shape index (κ3) is 2.55. The van der Waals surface area contributed by atoms with Gasteiger partial charge in [-0.15, -0.1) is 11.3 Å². The predicted octanol–water partition coefficient (Wildman–Crippen LogP) is 3.82. The van der Waals surface area contributed by atoms with Crippen LogP contribution in [0.4, 0.5) is 8.78 Å². The molecule has 3 rings (SSSR count). The number of hydrogen-bond donors (Lipinski definition) is 1. The summed E-state index contributed by atoms with van der Waals surface area (Å²) < 4.78 is 27.6. The van der Waals surface area contributed by atoms with Crippen molar-refractivity contribution in [1.29, 1.82) is 0 Å². The van der Waals surface area contributed by atoms with Crippen molar-refractivity contribution in [2.75, 3.05) is 0 Å². The van der Waals surface area contributed by atoms with Crippen LogP contribution in [-0.4, -0.2) is 4.98 Å². The highest BCUT2D eigenvalue weighted by Gasteiger charge is 2.15. The minimum Gasteiger partial charge on any atom is -0.324 e. The maximum Gasteiger partial charge on any atom is 0.130 e. The second-order valence-electron chi connectivity index (χ2n) is 4.55. The molecule has 0 amide bonds. The van der Waals surface area contributed by atoms with Gasteiger partial charge in [-0.2, -0.15) is 0 Å². The lowest BCUT2D eigenvalue weighted by Gasteiger charge is -2.11. The molecule has 1 unspecified atom stereocenters. The Labute approximate surface area is 118 Å². The van der Waals surface area contributed by atoms with Crippen LogP contribution in [0.15, 0.2) is 42.5 Å². The number of rotatable bonds is 3. The maximum absolute atomic E-state index is 13.7. The van der Waals surface area contributed by atoms with E-state index in [-0.39, 0.29) is 0 Å². The molecular formula is C15H12F2N2S. The van der Waals surface area contributed by atoms with Gasteiger partial charge in [0.25, 0.3) is 0 Å². The van der Waals surface area contributed by atoms with E-state index in [4.69, 9.17) is 5.73 Å². The molecule has 1 aromatic heterocycles. The van der Waals surface area contributed by atoms with Crippen molar-refractivity contribution in [1.82, 2.24) is 4.98 Å². The monoisotopic (exact) mass is 290 g/mol. The van der Waals surface area contributed by atoms with Crippen LogP contribution >= 0.6 is 11.3 Å². The first kappa shape index (κ1) is 13.1. The molecular weight excluding hydrogens is 278 g/mol. The van der Waals surface area contributed by atoms with Gasteiger partial charge in [0, 0.05) is 24.1 Å². The lowest BCUT2D eigenvalue weighted by Crippen LogP contribution is -2.15. The molecule has 1 heterocycles. The van der Waals surface area contributed by atoms with Crippen LogP contribution < -0.4 is 5.73 Å². The van der Waals surface area contributed by atoms with Crippen molar-refractivity contribution in [2.24, 2.45) is 5.73 Å². The van der Waals surface area contributed by atoms with Gasteiger partial charge in [0.05, 0.1) is 15.2 Å². The summed E-state index contributed by atoms with van der Waals surface area (Å²) in [5.74, 6) is -1.21. The fourth-order valence-electron chi connectivity index (χ4n) is 2.11. The topological polar surface area (TPSA) is 38.9 Å². The van der Waals surface area contributed by atoms with E-state index in [1.54, 1.807) is 11.3 Å². The van der Waals surface area contributed by atoms with Crippen LogP contribution in [0, 0.1) is 11.6 Å². The maximum atomic E-state index is 13.7. The second-order valence-corrected chi connectivity index (χ2v) is 5.67. The smallest absolute Gasteiger partial charge is 0.130 e. The van der Waals surface area contributed by atoms with E-state index < -0.39 is 17.7 Å². The standard InChI is InChI=1S/C15H12F2N2S/c16-9-5-6-10(11(17)7-9)12(18)8-15-19-13-3-1-2-4-14(13)20-15/h1-7,12H,8,18H2. The summed E-state index contributed by atoms with van der Waals surface area (Å²) in [6, 6.07) is 10.7. The normalized spacial score (nSPS) is 12.8. The number of para-hydroxylation sites is 1. The van der Waals surface area contributed by atoms with E-state index in [1.165, 1.54) is 12.1 Å². The molecule has 0 spiro atoms. The van der Waals surface area contributed by atoms with Gasteiger partial charge in [-0.3, -0.25) is 0 Å². The third-order valence-corrected chi connectivity index (χ3v) is 4.15.